The Bertz CT molecular complexity index is 334. The topological polar surface area (TPSA) is 33.1 Å². The summed E-state index contributed by atoms with van der Waals surface area (Å²) in [6.45, 7) is 11.1. The van der Waals surface area contributed by atoms with Gasteiger partial charge in [0.15, 0.2) is 0 Å². The number of aryl methyl sites for hydroxylation is 1. The minimum atomic E-state index is 0.827. The number of aromatic nitrogens is 2. The molecule has 2 heterocycles. The first kappa shape index (κ1) is 12.6. The molecule has 1 aliphatic rings. The quantitative estimate of drug-likeness (QED) is 0.809. The van der Waals surface area contributed by atoms with Gasteiger partial charge in [0.2, 0.25) is 0 Å². The fourth-order valence-corrected chi connectivity index (χ4v) is 2.57. The molecule has 1 atom stereocenters. The average molecular weight is 236 g/mol. The van der Waals surface area contributed by atoms with E-state index in [1.54, 1.807) is 0 Å². The molecule has 1 aromatic rings. The lowest BCUT2D eigenvalue weighted by atomic mass is 10.1. The Kier molecular flexibility index (Phi) is 4.57. The SMILES string of the molecule is CCN1CCC(CNCc2ccnn2CC)C1. The van der Waals surface area contributed by atoms with Crippen molar-refractivity contribution in [1.82, 2.24) is 20.0 Å². The zero-order valence-electron chi connectivity index (χ0n) is 11.0. The Morgan fingerprint density at radius 3 is 3.00 bits per heavy atom. The van der Waals surface area contributed by atoms with Crippen molar-refractivity contribution in [2.24, 2.45) is 5.92 Å². The molecule has 1 saturated heterocycles. The predicted molar refractivity (Wildman–Crippen MR) is 69.8 cm³/mol. The van der Waals surface area contributed by atoms with Crippen molar-refractivity contribution in [3.8, 4) is 0 Å². The number of nitrogens with one attached hydrogen (secondary N) is 1. The highest BCUT2D eigenvalue weighted by Gasteiger charge is 2.20. The highest BCUT2D eigenvalue weighted by Crippen LogP contribution is 2.14. The van der Waals surface area contributed by atoms with Crippen LogP contribution < -0.4 is 5.32 Å². The summed E-state index contributed by atoms with van der Waals surface area (Å²) in [6, 6.07) is 2.10. The van der Waals surface area contributed by atoms with Crippen LogP contribution in [-0.2, 0) is 13.1 Å². The lowest BCUT2D eigenvalue weighted by Crippen LogP contribution is -2.26. The molecule has 1 aliphatic heterocycles. The van der Waals surface area contributed by atoms with Crippen molar-refractivity contribution in [1.29, 1.82) is 0 Å². The standard InChI is InChI=1S/C13H24N4/c1-3-16-8-6-12(11-16)9-14-10-13-5-7-15-17(13)4-2/h5,7,12,14H,3-4,6,8-11H2,1-2H3. The molecule has 1 N–H and O–H groups in total. The lowest BCUT2D eigenvalue weighted by molar-refractivity contribution is 0.338. The van der Waals surface area contributed by atoms with E-state index in [4.69, 9.17) is 0 Å². The Morgan fingerprint density at radius 1 is 1.41 bits per heavy atom. The molecule has 1 unspecified atom stereocenters. The van der Waals surface area contributed by atoms with Crippen LogP contribution in [0.4, 0.5) is 0 Å². The minimum Gasteiger partial charge on any atom is -0.311 e. The molecule has 0 spiro atoms. The molecule has 17 heavy (non-hydrogen) atoms. The fourth-order valence-electron chi connectivity index (χ4n) is 2.57. The molecular weight excluding hydrogens is 212 g/mol. The summed E-state index contributed by atoms with van der Waals surface area (Å²) < 4.78 is 2.06. The summed E-state index contributed by atoms with van der Waals surface area (Å²) in [5, 5.41) is 7.84. The summed E-state index contributed by atoms with van der Waals surface area (Å²) in [7, 11) is 0. The van der Waals surface area contributed by atoms with Gasteiger partial charge in [0.05, 0.1) is 5.69 Å². The van der Waals surface area contributed by atoms with E-state index in [0.717, 1.165) is 25.6 Å². The van der Waals surface area contributed by atoms with E-state index in [1.165, 1.54) is 31.7 Å². The zero-order chi connectivity index (χ0) is 12.1. The third kappa shape index (κ3) is 3.30. The van der Waals surface area contributed by atoms with Gasteiger partial charge in [-0.2, -0.15) is 5.10 Å². The first-order chi connectivity index (χ1) is 8.33. The van der Waals surface area contributed by atoms with Crippen LogP contribution in [0, 0.1) is 5.92 Å². The molecule has 0 saturated carbocycles. The van der Waals surface area contributed by atoms with Crippen LogP contribution in [0.25, 0.3) is 0 Å². The largest absolute Gasteiger partial charge is 0.311 e. The van der Waals surface area contributed by atoms with Crippen molar-refractivity contribution in [2.75, 3.05) is 26.2 Å². The summed E-state index contributed by atoms with van der Waals surface area (Å²) >= 11 is 0. The van der Waals surface area contributed by atoms with Crippen LogP contribution in [0.15, 0.2) is 12.3 Å². The van der Waals surface area contributed by atoms with Gasteiger partial charge in [-0.1, -0.05) is 6.92 Å². The van der Waals surface area contributed by atoms with Crippen molar-refractivity contribution in [2.45, 2.75) is 33.4 Å². The minimum absolute atomic E-state index is 0.827. The fraction of sp³-hybridized carbons (Fsp3) is 0.769. The molecule has 0 aliphatic carbocycles. The molecule has 0 amide bonds. The van der Waals surface area contributed by atoms with Crippen LogP contribution in [-0.4, -0.2) is 40.9 Å². The first-order valence-corrected chi connectivity index (χ1v) is 6.77. The van der Waals surface area contributed by atoms with Gasteiger partial charge in [-0.15, -0.1) is 0 Å². The van der Waals surface area contributed by atoms with E-state index in [2.05, 4.69) is 39.9 Å². The van der Waals surface area contributed by atoms with Gasteiger partial charge < -0.3 is 10.2 Å². The highest BCUT2D eigenvalue weighted by atomic mass is 15.3. The van der Waals surface area contributed by atoms with Gasteiger partial charge in [-0.05, 0) is 45.0 Å². The smallest absolute Gasteiger partial charge is 0.0521 e. The first-order valence-electron chi connectivity index (χ1n) is 6.77. The molecule has 0 aromatic carbocycles. The van der Waals surface area contributed by atoms with E-state index in [0.29, 0.717) is 0 Å². The second-order valence-electron chi connectivity index (χ2n) is 4.82. The van der Waals surface area contributed by atoms with Crippen LogP contribution in [0.1, 0.15) is 26.0 Å². The van der Waals surface area contributed by atoms with Crippen molar-refractivity contribution >= 4 is 0 Å². The van der Waals surface area contributed by atoms with Crippen LogP contribution >= 0.6 is 0 Å². The number of nitrogens with zero attached hydrogens (tertiary/aromatic N) is 3. The molecule has 4 nitrogen and oxygen atoms in total. The van der Waals surface area contributed by atoms with Gasteiger partial charge in [-0.25, -0.2) is 0 Å². The molecule has 1 fully saturated rings. The summed E-state index contributed by atoms with van der Waals surface area (Å²) in [5.74, 6) is 0.827. The van der Waals surface area contributed by atoms with Crippen molar-refractivity contribution in [3.63, 3.8) is 0 Å². The second kappa shape index (κ2) is 6.17. The Labute approximate surface area is 104 Å². The molecule has 4 heteroatoms. The molecule has 96 valence electrons. The van der Waals surface area contributed by atoms with Gasteiger partial charge in [0.25, 0.3) is 0 Å². The third-order valence-corrected chi connectivity index (χ3v) is 3.66. The highest BCUT2D eigenvalue weighted by molar-refractivity contribution is 4.99. The maximum atomic E-state index is 4.28. The summed E-state index contributed by atoms with van der Waals surface area (Å²) in [6.07, 6.45) is 3.22. The molecule has 0 radical (unpaired) electrons. The number of hydrogen-bond acceptors (Lipinski definition) is 3. The number of hydrogen-bond donors (Lipinski definition) is 1. The molecule has 0 bridgehead atoms. The van der Waals surface area contributed by atoms with Crippen LogP contribution in [0.5, 0.6) is 0 Å². The van der Waals surface area contributed by atoms with E-state index >= 15 is 0 Å². The number of likely N-dealkylation sites (tertiary alicyclic amines) is 1. The average Bonchev–Trinajstić information content (AvgIpc) is 2.97. The van der Waals surface area contributed by atoms with Crippen molar-refractivity contribution in [3.05, 3.63) is 18.0 Å². The second-order valence-corrected chi connectivity index (χ2v) is 4.82. The Morgan fingerprint density at radius 2 is 2.29 bits per heavy atom. The van der Waals surface area contributed by atoms with E-state index < -0.39 is 0 Å². The van der Waals surface area contributed by atoms with Crippen LogP contribution in [0.2, 0.25) is 0 Å². The van der Waals surface area contributed by atoms with Gasteiger partial charge in [-0.3, -0.25) is 4.68 Å². The van der Waals surface area contributed by atoms with E-state index in [-0.39, 0.29) is 0 Å². The summed E-state index contributed by atoms with van der Waals surface area (Å²) in [4.78, 5) is 2.53. The third-order valence-electron chi connectivity index (χ3n) is 3.66. The molecule has 1 aromatic heterocycles. The van der Waals surface area contributed by atoms with E-state index in [1.807, 2.05) is 6.20 Å². The maximum Gasteiger partial charge on any atom is 0.0521 e. The Hall–Kier alpha value is -0.870. The van der Waals surface area contributed by atoms with Crippen molar-refractivity contribution < 1.29 is 0 Å². The lowest BCUT2D eigenvalue weighted by Gasteiger charge is -2.14. The van der Waals surface area contributed by atoms with Gasteiger partial charge >= 0.3 is 0 Å². The zero-order valence-corrected chi connectivity index (χ0v) is 11.0. The van der Waals surface area contributed by atoms with E-state index in [9.17, 15) is 0 Å². The normalized spacial score (nSPS) is 21.2. The van der Waals surface area contributed by atoms with Crippen LogP contribution in [0.3, 0.4) is 0 Å². The summed E-state index contributed by atoms with van der Waals surface area (Å²) in [5.41, 5.74) is 1.29. The predicted octanol–water partition coefficient (Wildman–Crippen LogP) is 1.33. The molecular formula is C13H24N4. The maximum absolute atomic E-state index is 4.28. The number of rotatable bonds is 6. The van der Waals surface area contributed by atoms with Gasteiger partial charge in [0.1, 0.15) is 0 Å². The monoisotopic (exact) mass is 236 g/mol. The van der Waals surface area contributed by atoms with Gasteiger partial charge in [0, 0.05) is 25.8 Å². The Balaban J connectivity index is 1.70. The molecule has 2 rings (SSSR count).